The molecule has 4 heteroatoms. The van der Waals surface area contributed by atoms with Crippen LogP contribution in [0.1, 0.15) is 20.8 Å². The van der Waals surface area contributed by atoms with E-state index in [0.29, 0.717) is 10.8 Å². The fourth-order valence-corrected chi connectivity index (χ4v) is 2.87. The molecule has 1 heterocycles. The number of benzene rings is 1. The fourth-order valence-electron chi connectivity index (χ4n) is 1.47. The first-order valence-corrected chi connectivity index (χ1v) is 7.08. The lowest BCUT2D eigenvalue weighted by molar-refractivity contribution is 0.0997. The molecule has 0 bridgehead atoms. The Kier molecular flexibility index (Phi) is 4.02. The summed E-state index contributed by atoms with van der Waals surface area (Å²) in [4.78, 5) is 12.7. The number of thiophene rings is 1. The molecule has 0 N–H and O–H groups in total. The van der Waals surface area contributed by atoms with Crippen molar-refractivity contribution in [2.75, 3.05) is 0 Å². The topological polar surface area (TPSA) is 17.1 Å². The first kappa shape index (κ1) is 12.8. The molecule has 88 valence electrons. The van der Waals surface area contributed by atoms with Crippen molar-refractivity contribution < 1.29 is 4.79 Å². The molecule has 1 nitrogen and oxygen atoms in total. The number of hydrogen-bond donors (Lipinski definition) is 0. The molecule has 0 atom stereocenters. The van der Waals surface area contributed by atoms with E-state index in [-0.39, 0.29) is 5.78 Å². The number of rotatable bonds is 3. The van der Waals surface area contributed by atoms with Crippen molar-refractivity contribution in [2.24, 2.45) is 0 Å². The van der Waals surface area contributed by atoms with E-state index in [2.05, 4.69) is 15.9 Å². The third kappa shape index (κ3) is 3.18. The second kappa shape index (κ2) is 5.34. The van der Waals surface area contributed by atoms with Gasteiger partial charge in [-0.2, -0.15) is 0 Å². The van der Waals surface area contributed by atoms with Crippen LogP contribution in [0.2, 0.25) is 4.34 Å². The van der Waals surface area contributed by atoms with Gasteiger partial charge >= 0.3 is 0 Å². The summed E-state index contributed by atoms with van der Waals surface area (Å²) in [5.41, 5.74) is 1.98. The van der Waals surface area contributed by atoms with Crippen LogP contribution < -0.4 is 0 Å². The first-order chi connectivity index (χ1) is 8.06. The van der Waals surface area contributed by atoms with E-state index in [1.54, 1.807) is 0 Å². The highest BCUT2D eigenvalue weighted by Crippen LogP contribution is 2.27. The Morgan fingerprint density at radius 3 is 2.53 bits per heavy atom. The van der Waals surface area contributed by atoms with Gasteiger partial charge in [-0.1, -0.05) is 39.7 Å². The Morgan fingerprint density at radius 1 is 1.35 bits per heavy atom. The van der Waals surface area contributed by atoms with Crippen molar-refractivity contribution in [3.05, 3.63) is 55.1 Å². The van der Waals surface area contributed by atoms with E-state index in [0.717, 1.165) is 20.5 Å². The summed E-state index contributed by atoms with van der Waals surface area (Å²) in [5.74, 6) is 0.118. The quantitative estimate of drug-likeness (QED) is 0.732. The average Bonchev–Trinajstić information content (AvgIpc) is 2.63. The van der Waals surface area contributed by atoms with Crippen molar-refractivity contribution in [3.8, 4) is 0 Å². The molecular formula is C13H10BrClOS. The average molecular weight is 330 g/mol. The zero-order valence-electron chi connectivity index (χ0n) is 9.17. The van der Waals surface area contributed by atoms with Crippen molar-refractivity contribution in [3.63, 3.8) is 0 Å². The minimum atomic E-state index is 0.118. The van der Waals surface area contributed by atoms with Gasteiger partial charge in [-0.15, -0.1) is 11.3 Å². The van der Waals surface area contributed by atoms with Crippen LogP contribution >= 0.6 is 38.9 Å². The molecule has 0 radical (unpaired) electrons. The summed E-state index contributed by atoms with van der Waals surface area (Å²) in [6.07, 6.45) is 0.420. The summed E-state index contributed by atoms with van der Waals surface area (Å²) in [5, 5.41) is 0. The van der Waals surface area contributed by atoms with E-state index in [1.807, 2.05) is 37.3 Å². The third-order valence-electron chi connectivity index (χ3n) is 2.41. The van der Waals surface area contributed by atoms with E-state index < -0.39 is 0 Å². The van der Waals surface area contributed by atoms with E-state index >= 15 is 0 Å². The molecule has 0 unspecified atom stereocenters. The smallest absolute Gasteiger partial charge is 0.177 e. The van der Waals surface area contributed by atoms with Crippen LogP contribution in [0.3, 0.4) is 0 Å². The summed E-state index contributed by atoms with van der Waals surface area (Å²) < 4.78 is 1.72. The second-order valence-corrected chi connectivity index (χ2v) is 6.36. The maximum Gasteiger partial charge on any atom is 0.177 e. The number of carbonyl (C=O) groups excluding carboxylic acids is 1. The minimum Gasteiger partial charge on any atom is -0.293 e. The summed E-state index contributed by atoms with van der Waals surface area (Å²) in [6, 6.07) is 9.63. The number of Topliss-reactive ketones (excluding diaryl/α,β-unsaturated/α-hetero) is 1. The van der Waals surface area contributed by atoms with Crippen molar-refractivity contribution in [1.29, 1.82) is 0 Å². The third-order valence-corrected chi connectivity index (χ3v) is 4.53. The SMILES string of the molecule is Cc1cc(C(=O)Cc2ccc(Br)cc2)sc1Cl. The largest absolute Gasteiger partial charge is 0.293 e. The normalized spacial score (nSPS) is 10.5. The van der Waals surface area contributed by atoms with Crippen LogP contribution in [0.5, 0.6) is 0 Å². The second-order valence-electron chi connectivity index (χ2n) is 3.79. The van der Waals surface area contributed by atoms with Crippen molar-refractivity contribution in [2.45, 2.75) is 13.3 Å². The van der Waals surface area contributed by atoms with Gasteiger partial charge in [0.05, 0.1) is 9.21 Å². The Labute approximate surface area is 118 Å². The number of halogens is 2. The molecule has 0 aliphatic carbocycles. The summed E-state index contributed by atoms with van der Waals surface area (Å²) >= 11 is 10.7. The van der Waals surface area contributed by atoms with Crippen LogP contribution in [-0.4, -0.2) is 5.78 Å². The van der Waals surface area contributed by atoms with Gasteiger partial charge in [0.15, 0.2) is 5.78 Å². The number of ketones is 1. The summed E-state index contributed by atoms with van der Waals surface area (Å²) in [6.45, 7) is 1.91. The monoisotopic (exact) mass is 328 g/mol. The molecule has 2 rings (SSSR count). The highest BCUT2D eigenvalue weighted by atomic mass is 79.9. The molecule has 0 spiro atoms. The standard InChI is InChI=1S/C13H10BrClOS/c1-8-6-12(17-13(8)15)11(16)7-9-2-4-10(14)5-3-9/h2-6H,7H2,1H3. The molecule has 17 heavy (non-hydrogen) atoms. The van der Waals surface area contributed by atoms with E-state index in [4.69, 9.17) is 11.6 Å². The predicted molar refractivity (Wildman–Crippen MR) is 76.2 cm³/mol. The van der Waals surface area contributed by atoms with Crippen LogP contribution in [0, 0.1) is 6.92 Å². The van der Waals surface area contributed by atoms with Crippen molar-refractivity contribution >= 4 is 44.7 Å². The lowest BCUT2D eigenvalue weighted by atomic mass is 10.1. The predicted octanol–water partition coefficient (Wildman–Crippen LogP) is 4.90. The number of hydrogen-bond acceptors (Lipinski definition) is 2. The molecule has 1 aromatic carbocycles. The summed E-state index contributed by atoms with van der Waals surface area (Å²) in [7, 11) is 0. The van der Waals surface area contributed by atoms with E-state index in [1.165, 1.54) is 11.3 Å². The number of aryl methyl sites for hydroxylation is 1. The Hall–Kier alpha value is -0.640. The molecule has 2 aromatic rings. The maximum absolute atomic E-state index is 12.0. The molecule has 1 aromatic heterocycles. The van der Waals surface area contributed by atoms with Crippen LogP contribution in [0.4, 0.5) is 0 Å². The lowest BCUT2D eigenvalue weighted by Crippen LogP contribution is -2.00. The molecule has 0 fully saturated rings. The van der Waals surface area contributed by atoms with Gasteiger partial charge < -0.3 is 0 Å². The fraction of sp³-hybridized carbons (Fsp3) is 0.154. The highest BCUT2D eigenvalue weighted by molar-refractivity contribution is 9.10. The zero-order chi connectivity index (χ0) is 12.4. The molecule has 0 saturated heterocycles. The number of carbonyl (C=O) groups is 1. The van der Waals surface area contributed by atoms with Gasteiger partial charge in [-0.25, -0.2) is 0 Å². The van der Waals surface area contributed by atoms with Gasteiger partial charge in [0.25, 0.3) is 0 Å². The molecule has 0 aliphatic rings. The van der Waals surface area contributed by atoms with Gasteiger partial charge in [0.2, 0.25) is 0 Å². The van der Waals surface area contributed by atoms with Gasteiger partial charge in [-0.3, -0.25) is 4.79 Å². The molecule has 0 amide bonds. The zero-order valence-corrected chi connectivity index (χ0v) is 12.3. The van der Waals surface area contributed by atoms with Crippen LogP contribution in [0.15, 0.2) is 34.8 Å². The van der Waals surface area contributed by atoms with Crippen LogP contribution in [0.25, 0.3) is 0 Å². The van der Waals surface area contributed by atoms with Crippen LogP contribution in [-0.2, 0) is 6.42 Å². The van der Waals surface area contributed by atoms with Gasteiger partial charge in [0, 0.05) is 10.9 Å². The Morgan fingerprint density at radius 2 is 2.00 bits per heavy atom. The van der Waals surface area contributed by atoms with Gasteiger partial charge in [0.1, 0.15) is 0 Å². The maximum atomic E-state index is 12.0. The van der Waals surface area contributed by atoms with E-state index in [9.17, 15) is 4.79 Å². The van der Waals surface area contributed by atoms with Crippen molar-refractivity contribution in [1.82, 2.24) is 0 Å². The van der Waals surface area contributed by atoms with Gasteiger partial charge in [-0.05, 0) is 36.2 Å². The Bertz CT molecular complexity index is 526. The lowest BCUT2D eigenvalue weighted by Gasteiger charge is -1.99. The highest BCUT2D eigenvalue weighted by Gasteiger charge is 2.11. The Balaban J connectivity index is 2.14. The first-order valence-electron chi connectivity index (χ1n) is 5.10. The molecular weight excluding hydrogens is 320 g/mol. The molecule has 0 aliphatic heterocycles. The molecule has 0 saturated carbocycles. The minimum absolute atomic E-state index is 0.118.